The van der Waals surface area contributed by atoms with E-state index in [1.54, 1.807) is 11.8 Å². The second-order valence-corrected chi connectivity index (χ2v) is 13.2. The molecule has 4 nitrogen and oxygen atoms in total. The summed E-state index contributed by atoms with van der Waals surface area (Å²) in [7, 11) is -3.86. The molecule has 0 saturated carbocycles. The van der Waals surface area contributed by atoms with Crippen molar-refractivity contribution in [1.29, 1.82) is 0 Å². The predicted molar refractivity (Wildman–Crippen MR) is 79.8 cm³/mol. The smallest absolute Gasteiger partial charge is 0.314 e. The molecule has 0 aliphatic heterocycles. The highest BCUT2D eigenvalue weighted by Crippen LogP contribution is 2.21. The Labute approximate surface area is 114 Å². The summed E-state index contributed by atoms with van der Waals surface area (Å²) in [5, 5.41) is 0. The first-order valence-corrected chi connectivity index (χ1v) is 12.3. The Balaban J connectivity index is 4.54. The zero-order chi connectivity index (χ0) is 14.1. The van der Waals surface area contributed by atoms with E-state index in [0.29, 0.717) is 6.54 Å². The van der Waals surface area contributed by atoms with Crippen molar-refractivity contribution < 1.29 is 13.0 Å². The van der Waals surface area contributed by atoms with Gasteiger partial charge in [-0.1, -0.05) is 11.4 Å². The molecule has 0 aromatic heterocycles. The van der Waals surface area contributed by atoms with Gasteiger partial charge in [0.15, 0.2) is 8.32 Å². The van der Waals surface area contributed by atoms with Gasteiger partial charge in [0.05, 0.1) is 6.54 Å². The fourth-order valence-electron chi connectivity index (χ4n) is 1.41. The third-order valence-electron chi connectivity index (χ3n) is 2.29. The molecular weight excluding hydrogens is 278 g/mol. The van der Waals surface area contributed by atoms with Gasteiger partial charge >= 0.3 is 8.56 Å². The molecule has 0 rings (SSSR count). The van der Waals surface area contributed by atoms with Gasteiger partial charge in [-0.3, -0.25) is 0 Å². The van der Waals surface area contributed by atoms with Crippen LogP contribution in [-0.2, 0) is 13.0 Å². The van der Waals surface area contributed by atoms with Crippen LogP contribution < -0.4 is 0 Å². The molecule has 0 spiro atoms. The van der Waals surface area contributed by atoms with Crippen LogP contribution in [0.2, 0.25) is 25.7 Å². The van der Waals surface area contributed by atoms with Crippen molar-refractivity contribution in [2.75, 3.05) is 6.54 Å². The number of carbonyl (C=O) groups excluding carboxylic acids is 1. The molecule has 0 fully saturated rings. The van der Waals surface area contributed by atoms with E-state index in [2.05, 4.69) is 31.2 Å². The Morgan fingerprint density at radius 2 is 2.06 bits per heavy atom. The monoisotopic (exact) mass is 299 g/mol. The van der Waals surface area contributed by atoms with Gasteiger partial charge in [-0.25, -0.2) is 9.79 Å². The summed E-state index contributed by atoms with van der Waals surface area (Å²) in [4.78, 5) is 13.6. The third kappa shape index (κ3) is 7.70. The van der Waals surface area contributed by atoms with Crippen LogP contribution in [0.25, 0.3) is 0 Å². The molecule has 0 aromatic rings. The molecule has 100 valence electrons. The molecule has 0 aliphatic carbocycles. The van der Waals surface area contributed by atoms with Crippen LogP contribution in [0.1, 0.15) is 6.42 Å². The van der Waals surface area contributed by atoms with Crippen LogP contribution in [-0.4, -0.2) is 39.3 Å². The van der Waals surface area contributed by atoms with Gasteiger partial charge in [0, 0.05) is 0 Å². The zero-order valence-electron chi connectivity index (χ0n) is 11.4. The number of isocyanates is 1. The summed E-state index contributed by atoms with van der Waals surface area (Å²) in [6.07, 6.45) is 2.32. The van der Waals surface area contributed by atoms with E-state index in [0.717, 1.165) is 12.5 Å². The van der Waals surface area contributed by atoms with Gasteiger partial charge in [0.1, 0.15) is 0 Å². The molecule has 0 saturated heterocycles. The summed E-state index contributed by atoms with van der Waals surface area (Å²) in [5.74, 6) is 0. The van der Waals surface area contributed by atoms with Crippen LogP contribution in [0.15, 0.2) is 29.5 Å². The highest BCUT2D eigenvalue weighted by Gasteiger charge is 2.36. The van der Waals surface area contributed by atoms with E-state index in [4.69, 9.17) is 8.23 Å². The maximum absolute atomic E-state index is 10.0. The molecule has 0 aliphatic rings. The number of hydrogen-bond acceptors (Lipinski definition) is 4. The minimum atomic E-state index is -2.24. The molecule has 0 amide bonds. The zero-order valence-corrected chi connectivity index (χ0v) is 14.4. The maximum Gasteiger partial charge on any atom is 0.314 e. The summed E-state index contributed by atoms with van der Waals surface area (Å²) in [6.45, 7) is 14.2. The number of rotatable bonds is 10. The largest absolute Gasteiger partial charge is 0.433 e. The van der Waals surface area contributed by atoms with Crippen molar-refractivity contribution in [2.24, 2.45) is 4.99 Å². The predicted octanol–water partition coefficient (Wildman–Crippen LogP) is 2.51. The van der Waals surface area contributed by atoms with Crippen LogP contribution in [0, 0.1) is 0 Å². The molecule has 0 bridgehead atoms. The first-order valence-electron chi connectivity index (χ1n) is 5.81. The molecule has 7 heteroatoms. The van der Waals surface area contributed by atoms with Gasteiger partial charge in [0.2, 0.25) is 15.8 Å². The number of nitrogens with zero attached hydrogens (tertiary/aromatic N) is 1. The first kappa shape index (κ1) is 17.4. The lowest BCUT2D eigenvalue weighted by Gasteiger charge is -2.34. The van der Waals surface area contributed by atoms with Crippen LogP contribution >= 0.6 is 0 Å². The lowest BCUT2D eigenvalue weighted by molar-refractivity contribution is 0.401. The molecule has 0 N–H and O–H groups in total. The Kier molecular flexibility index (Phi) is 8.25. The average molecular weight is 300 g/mol. The fraction of sp³-hybridized carbons (Fsp3) is 0.545. The summed E-state index contributed by atoms with van der Waals surface area (Å²) in [6, 6.07) is 0.809. The van der Waals surface area contributed by atoms with E-state index in [9.17, 15) is 4.79 Å². The lowest BCUT2D eigenvalue weighted by Crippen LogP contribution is -2.48. The lowest BCUT2D eigenvalue weighted by atomic mass is 10.5. The Bertz CT molecular complexity index is 329. The minimum absolute atomic E-state index is 0.246. The molecule has 1 unspecified atom stereocenters. The van der Waals surface area contributed by atoms with E-state index in [1.807, 2.05) is 12.2 Å². The van der Waals surface area contributed by atoms with Crippen molar-refractivity contribution in [3.63, 3.8) is 0 Å². The van der Waals surface area contributed by atoms with Crippen LogP contribution in [0.3, 0.4) is 0 Å². The summed E-state index contributed by atoms with van der Waals surface area (Å²) < 4.78 is 12.1. The molecule has 2 radical (unpaired) electrons. The van der Waals surface area contributed by atoms with Crippen molar-refractivity contribution in [3.8, 4) is 0 Å². The van der Waals surface area contributed by atoms with Gasteiger partial charge in [-0.2, -0.15) is 0 Å². The van der Waals surface area contributed by atoms with Gasteiger partial charge in [-0.05, 0) is 32.1 Å². The van der Waals surface area contributed by atoms with Crippen molar-refractivity contribution in [3.05, 3.63) is 24.6 Å². The van der Waals surface area contributed by atoms with Gasteiger partial charge in [-0.15, -0.1) is 13.2 Å². The second kappa shape index (κ2) is 8.52. The summed E-state index contributed by atoms with van der Waals surface area (Å²) in [5.41, 5.74) is 3.66. The number of aliphatic imine (C=N–C) groups is 1. The van der Waals surface area contributed by atoms with Crippen molar-refractivity contribution in [1.82, 2.24) is 0 Å². The molecule has 1 atom stereocenters. The van der Waals surface area contributed by atoms with E-state index in [1.165, 1.54) is 0 Å². The SMILES string of the molecule is C=C[Si]O[Si](C)(CCCN=C=O)O[Si](C)(C)C=C. The highest BCUT2D eigenvalue weighted by molar-refractivity contribution is 6.86. The van der Waals surface area contributed by atoms with E-state index in [-0.39, 0.29) is 9.76 Å². The minimum Gasteiger partial charge on any atom is -0.433 e. The topological polar surface area (TPSA) is 47.9 Å². The second-order valence-electron chi connectivity index (χ2n) is 4.54. The Morgan fingerprint density at radius 3 is 2.56 bits per heavy atom. The van der Waals surface area contributed by atoms with E-state index >= 15 is 0 Å². The molecule has 0 heterocycles. The molecule has 18 heavy (non-hydrogen) atoms. The standard InChI is InChI=1S/C11H21NO3Si3/c1-6-16-14-18(5,10-8-9-12-11-13)15-17(3,4)7-2/h6-7H,1-2,8-10H2,3-5H3. The third-order valence-corrected chi connectivity index (χ3v) is 10.7. The van der Waals surface area contributed by atoms with Crippen LogP contribution in [0.4, 0.5) is 0 Å². The van der Waals surface area contributed by atoms with Crippen molar-refractivity contribution >= 4 is 32.7 Å². The number of hydrogen-bond donors (Lipinski definition) is 0. The quantitative estimate of drug-likeness (QED) is 0.269. The Morgan fingerprint density at radius 1 is 1.39 bits per heavy atom. The fourth-order valence-corrected chi connectivity index (χ4v) is 9.69. The molecular formula is C11H21NO3Si3. The summed E-state index contributed by atoms with van der Waals surface area (Å²) >= 11 is 0. The molecule has 0 aromatic carbocycles. The van der Waals surface area contributed by atoms with Crippen LogP contribution in [0.5, 0.6) is 0 Å². The normalized spacial score (nSPS) is 14.4. The van der Waals surface area contributed by atoms with Crippen molar-refractivity contribution in [2.45, 2.75) is 32.1 Å². The van der Waals surface area contributed by atoms with Gasteiger partial charge in [0.25, 0.3) is 0 Å². The highest BCUT2D eigenvalue weighted by atomic mass is 28.5. The average Bonchev–Trinajstić information content (AvgIpc) is 2.32. The maximum atomic E-state index is 10.0. The first-order chi connectivity index (χ1) is 8.39. The Hall–Kier alpha value is -0.569. The van der Waals surface area contributed by atoms with Gasteiger partial charge < -0.3 is 8.23 Å². The van der Waals surface area contributed by atoms with E-state index < -0.39 is 16.9 Å².